The Labute approximate surface area is 94.0 Å². The van der Waals surface area contributed by atoms with Crippen molar-refractivity contribution in [2.75, 3.05) is 13.1 Å². The first-order valence-electron chi connectivity index (χ1n) is 6.27. The van der Waals surface area contributed by atoms with E-state index in [4.69, 9.17) is 0 Å². The normalized spacial score (nSPS) is 22.3. The summed E-state index contributed by atoms with van der Waals surface area (Å²) in [6.07, 6.45) is 2.98. The lowest BCUT2D eigenvalue weighted by Gasteiger charge is -2.30. The predicted molar refractivity (Wildman–Crippen MR) is 63.9 cm³/mol. The van der Waals surface area contributed by atoms with Gasteiger partial charge in [-0.15, -0.1) is 0 Å². The lowest BCUT2D eigenvalue weighted by Crippen LogP contribution is -2.42. The van der Waals surface area contributed by atoms with Crippen LogP contribution in [0.25, 0.3) is 0 Å². The predicted octanol–water partition coefficient (Wildman–Crippen LogP) is 2.72. The quantitative estimate of drug-likeness (QED) is 0.697. The van der Waals surface area contributed by atoms with Crippen LogP contribution in [-0.4, -0.2) is 29.8 Å². The molecule has 2 nitrogen and oxygen atoms in total. The smallest absolute Gasteiger partial charge is 0.149 e. The average molecular weight is 211 g/mol. The van der Waals surface area contributed by atoms with Gasteiger partial charge in [-0.3, -0.25) is 9.69 Å². The van der Waals surface area contributed by atoms with Gasteiger partial charge < -0.3 is 0 Å². The van der Waals surface area contributed by atoms with E-state index in [9.17, 15) is 4.79 Å². The molecule has 0 aromatic carbocycles. The Morgan fingerprint density at radius 1 is 1.20 bits per heavy atom. The number of ketones is 1. The van der Waals surface area contributed by atoms with Gasteiger partial charge in [-0.25, -0.2) is 0 Å². The van der Waals surface area contributed by atoms with E-state index in [0.717, 1.165) is 32.4 Å². The highest BCUT2D eigenvalue weighted by Crippen LogP contribution is 2.22. The lowest BCUT2D eigenvalue weighted by atomic mass is 10.1. The van der Waals surface area contributed by atoms with E-state index in [0.29, 0.717) is 17.6 Å². The number of carbonyl (C=O) groups excluding carboxylic acids is 1. The van der Waals surface area contributed by atoms with Crippen LogP contribution in [0.2, 0.25) is 0 Å². The fourth-order valence-electron chi connectivity index (χ4n) is 2.45. The summed E-state index contributed by atoms with van der Waals surface area (Å²) >= 11 is 0. The molecule has 1 saturated carbocycles. The molecular weight excluding hydrogens is 186 g/mol. The molecule has 0 aromatic heterocycles. The summed E-state index contributed by atoms with van der Waals surface area (Å²) in [5.74, 6) is 1.77. The first kappa shape index (κ1) is 12.7. The minimum atomic E-state index is 0.231. The third-order valence-corrected chi connectivity index (χ3v) is 2.91. The summed E-state index contributed by atoms with van der Waals surface area (Å²) in [4.78, 5) is 14.1. The maximum absolute atomic E-state index is 11.7. The first-order valence-corrected chi connectivity index (χ1v) is 6.27. The average Bonchev–Trinajstić information content (AvgIpc) is 2.48. The maximum Gasteiger partial charge on any atom is 0.149 e. The maximum atomic E-state index is 11.7. The van der Waals surface area contributed by atoms with Gasteiger partial charge in [-0.2, -0.15) is 0 Å². The van der Waals surface area contributed by atoms with Gasteiger partial charge in [0.25, 0.3) is 0 Å². The van der Waals surface area contributed by atoms with E-state index in [1.165, 1.54) is 0 Å². The van der Waals surface area contributed by atoms with E-state index in [1.807, 2.05) is 0 Å². The van der Waals surface area contributed by atoms with Crippen molar-refractivity contribution in [3.05, 3.63) is 0 Å². The Bertz CT molecular complexity index is 201. The number of hydrogen-bond acceptors (Lipinski definition) is 2. The van der Waals surface area contributed by atoms with E-state index in [1.54, 1.807) is 0 Å². The summed E-state index contributed by atoms with van der Waals surface area (Å²) < 4.78 is 0. The van der Waals surface area contributed by atoms with E-state index in [-0.39, 0.29) is 6.04 Å². The summed E-state index contributed by atoms with van der Waals surface area (Å²) in [6.45, 7) is 11.0. The van der Waals surface area contributed by atoms with Gasteiger partial charge >= 0.3 is 0 Å². The molecule has 0 heterocycles. The van der Waals surface area contributed by atoms with Crippen molar-refractivity contribution in [2.24, 2.45) is 11.8 Å². The second-order valence-corrected chi connectivity index (χ2v) is 5.62. The van der Waals surface area contributed by atoms with Gasteiger partial charge in [-0.05, 0) is 24.7 Å². The third-order valence-electron chi connectivity index (χ3n) is 2.91. The largest absolute Gasteiger partial charge is 0.298 e. The van der Waals surface area contributed by atoms with Gasteiger partial charge in [0.15, 0.2) is 0 Å². The van der Waals surface area contributed by atoms with Crippen molar-refractivity contribution >= 4 is 5.78 Å². The van der Waals surface area contributed by atoms with E-state index >= 15 is 0 Å². The Hall–Kier alpha value is -0.370. The number of carbonyl (C=O) groups is 1. The zero-order valence-corrected chi connectivity index (χ0v) is 10.6. The number of Topliss-reactive ketones (excluding diaryl/α,β-unsaturated/α-hetero) is 1. The molecule has 1 atom stereocenters. The van der Waals surface area contributed by atoms with Crippen molar-refractivity contribution in [1.29, 1.82) is 0 Å². The van der Waals surface area contributed by atoms with Gasteiger partial charge in [0.1, 0.15) is 5.78 Å². The van der Waals surface area contributed by atoms with Crippen LogP contribution in [0.3, 0.4) is 0 Å². The van der Waals surface area contributed by atoms with E-state index < -0.39 is 0 Å². The second-order valence-electron chi connectivity index (χ2n) is 5.62. The SMILES string of the molecule is CC(C)CN(CC(C)C)C1CCCC1=O. The number of rotatable bonds is 5. The zero-order chi connectivity index (χ0) is 11.4. The summed E-state index contributed by atoms with van der Waals surface area (Å²) in [6, 6.07) is 0.231. The van der Waals surface area contributed by atoms with Crippen LogP contribution in [-0.2, 0) is 4.79 Å². The van der Waals surface area contributed by atoms with Crippen LogP contribution in [0.1, 0.15) is 47.0 Å². The van der Waals surface area contributed by atoms with Crippen LogP contribution in [0.5, 0.6) is 0 Å². The van der Waals surface area contributed by atoms with Crippen LogP contribution < -0.4 is 0 Å². The first-order chi connectivity index (χ1) is 7.00. The van der Waals surface area contributed by atoms with Crippen LogP contribution in [0.4, 0.5) is 0 Å². The van der Waals surface area contributed by atoms with Crippen molar-refractivity contribution in [3.8, 4) is 0 Å². The highest BCUT2D eigenvalue weighted by atomic mass is 16.1. The Morgan fingerprint density at radius 3 is 2.07 bits per heavy atom. The molecule has 1 fully saturated rings. The lowest BCUT2D eigenvalue weighted by molar-refractivity contribution is -0.122. The topological polar surface area (TPSA) is 20.3 Å². The van der Waals surface area contributed by atoms with Gasteiger partial charge in [0.05, 0.1) is 6.04 Å². The van der Waals surface area contributed by atoms with Gasteiger partial charge in [-0.1, -0.05) is 27.7 Å². The standard InChI is InChI=1S/C13H25NO/c1-10(2)8-14(9-11(3)4)12-6-5-7-13(12)15/h10-12H,5-9H2,1-4H3. The van der Waals surface area contributed by atoms with Crippen molar-refractivity contribution < 1.29 is 4.79 Å². The molecule has 88 valence electrons. The Balaban J connectivity index is 2.57. The van der Waals surface area contributed by atoms with Crippen LogP contribution in [0, 0.1) is 11.8 Å². The number of hydrogen-bond donors (Lipinski definition) is 0. The Morgan fingerprint density at radius 2 is 1.73 bits per heavy atom. The monoisotopic (exact) mass is 211 g/mol. The molecule has 0 N–H and O–H groups in total. The number of nitrogens with zero attached hydrogens (tertiary/aromatic N) is 1. The molecule has 0 radical (unpaired) electrons. The highest BCUT2D eigenvalue weighted by Gasteiger charge is 2.30. The van der Waals surface area contributed by atoms with Gasteiger partial charge in [0.2, 0.25) is 0 Å². The fourth-order valence-corrected chi connectivity index (χ4v) is 2.45. The van der Waals surface area contributed by atoms with Crippen molar-refractivity contribution in [3.63, 3.8) is 0 Å². The summed E-state index contributed by atoms with van der Waals surface area (Å²) in [5, 5.41) is 0. The summed E-state index contributed by atoms with van der Waals surface area (Å²) in [7, 11) is 0. The molecule has 1 unspecified atom stereocenters. The highest BCUT2D eigenvalue weighted by molar-refractivity contribution is 5.85. The molecule has 1 aliphatic carbocycles. The molecule has 0 saturated heterocycles. The molecule has 1 aliphatic rings. The molecule has 15 heavy (non-hydrogen) atoms. The zero-order valence-electron chi connectivity index (χ0n) is 10.6. The van der Waals surface area contributed by atoms with Crippen molar-refractivity contribution in [1.82, 2.24) is 4.90 Å². The van der Waals surface area contributed by atoms with Crippen molar-refractivity contribution in [2.45, 2.75) is 53.0 Å². The Kier molecular flexibility index (Phi) is 4.78. The summed E-state index contributed by atoms with van der Waals surface area (Å²) in [5.41, 5.74) is 0. The molecule has 1 rings (SSSR count). The van der Waals surface area contributed by atoms with Crippen LogP contribution in [0.15, 0.2) is 0 Å². The molecule has 0 aliphatic heterocycles. The molecule has 0 bridgehead atoms. The fraction of sp³-hybridized carbons (Fsp3) is 0.923. The molecule has 2 heteroatoms. The third kappa shape index (κ3) is 3.94. The second kappa shape index (κ2) is 5.64. The van der Waals surface area contributed by atoms with Crippen LogP contribution >= 0.6 is 0 Å². The molecule has 0 spiro atoms. The van der Waals surface area contributed by atoms with E-state index in [2.05, 4.69) is 32.6 Å². The molecular formula is C13H25NO. The molecule has 0 aromatic rings. The van der Waals surface area contributed by atoms with Gasteiger partial charge in [0, 0.05) is 19.5 Å². The molecule has 0 amide bonds. The minimum Gasteiger partial charge on any atom is -0.298 e. The minimum absolute atomic E-state index is 0.231.